The Morgan fingerprint density at radius 2 is 2.00 bits per heavy atom. The first-order valence-electron chi connectivity index (χ1n) is 9.44. The molecule has 0 aliphatic rings. The molecule has 0 aliphatic heterocycles. The minimum atomic E-state index is -0.770. The lowest BCUT2D eigenvalue weighted by molar-refractivity contribution is 0.0519. The Morgan fingerprint density at radius 1 is 1.22 bits per heavy atom. The molecule has 0 saturated carbocycles. The largest absolute Gasteiger partial charge is 0.461 e. The van der Waals surface area contributed by atoms with E-state index in [1.807, 2.05) is 0 Å². The summed E-state index contributed by atoms with van der Waals surface area (Å²) in [5.41, 5.74) is -0.707. The number of carbonyl (C=O) groups is 2. The van der Waals surface area contributed by atoms with Crippen LogP contribution in [0.15, 0.2) is 58.7 Å². The van der Waals surface area contributed by atoms with E-state index in [9.17, 15) is 18.8 Å². The van der Waals surface area contributed by atoms with Gasteiger partial charge in [-0.15, -0.1) is 11.3 Å². The normalized spacial score (nSPS) is 10.8. The molecule has 2 aromatic heterocycles. The lowest BCUT2D eigenvalue weighted by Crippen LogP contribution is -2.26. The van der Waals surface area contributed by atoms with Crippen molar-refractivity contribution in [2.45, 2.75) is 6.92 Å². The predicted molar refractivity (Wildman–Crippen MR) is 121 cm³/mol. The molecular weight excluding hydrogens is 457 g/mol. The minimum absolute atomic E-state index is 0.0201. The van der Waals surface area contributed by atoms with E-state index in [2.05, 4.69) is 10.4 Å². The number of benzene rings is 2. The third kappa shape index (κ3) is 4.00. The molecule has 2 aromatic carbocycles. The Balaban J connectivity index is 1.91. The van der Waals surface area contributed by atoms with Crippen molar-refractivity contribution in [1.29, 1.82) is 0 Å². The molecule has 0 bridgehead atoms. The lowest BCUT2D eigenvalue weighted by Gasteiger charge is -2.10. The molecule has 162 valence electrons. The maximum atomic E-state index is 14.4. The topological polar surface area (TPSA) is 90.3 Å². The van der Waals surface area contributed by atoms with Crippen molar-refractivity contribution >= 4 is 50.6 Å². The van der Waals surface area contributed by atoms with E-state index in [0.29, 0.717) is 5.02 Å². The highest BCUT2D eigenvalue weighted by Gasteiger charge is 2.24. The van der Waals surface area contributed by atoms with Gasteiger partial charge in [-0.05, 0) is 37.3 Å². The molecule has 0 saturated heterocycles. The lowest BCUT2D eigenvalue weighted by atomic mass is 10.2. The standard InChI is InChI=1S/C22H15ClFN3O4S/c1-2-31-22(30)18-14-11-32-20(25-19(28)12-6-5-7-13(23)10-12)17(14)21(29)27(26-18)16-9-4-3-8-15(16)24/h3-11H,2H2,1H3,(H,25,28). The maximum absolute atomic E-state index is 14.4. The Hall–Kier alpha value is -3.56. The smallest absolute Gasteiger partial charge is 0.359 e. The second kappa shape index (κ2) is 8.89. The van der Waals surface area contributed by atoms with E-state index in [-0.39, 0.29) is 39.3 Å². The van der Waals surface area contributed by atoms with Crippen LogP contribution in [0.4, 0.5) is 9.39 Å². The SMILES string of the molecule is CCOC(=O)c1nn(-c2ccccc2F)c(=O)c2c(NC(=O)c3cccc(Cl)c3)scc12. The van der Waals surface area contributed by atoms with E-state index in [0.717, 1.165) is 16.0 Å². The molecular formula is C22H15ClFN3O4S. The van der Waals surface area contributed by atoms with Gasteiger partial charge in [-0.2, -0.15) is 9.78 Å². The van der Waals surface area contributed by atoms with Crippen LogP contribution >= 0.6 is 22.9 Å². The molecule has 0 atom stereocenters. The highest BCUT2D eigenvalue weighted by molar-refractivity contribution is 7.16. The highest BCUT2D eigenvalue weighted by Crippen LogP contribution is 2.31. The fraction of sp³-hybridized carbons (Fsp3) is 0.0909. The van der Waals surface area contributed by atoms with Crippen LogP contribution in [0.2, 0.25) is 5.02 Å². The summed E-state index contributed by atoms with van der Waals surface area (Å²) in [6.07, 6.45) is 0. The van der Waals surface area contributed by atoms with Gasteiger partial charge in [0.2, 0.25) is 0 Å². The molecule has 1 amide bonds. The maximum Gasteiger partial charge on any atom is 0.359 e. The summed E-state index contributed by atoms with van der Waals surface area (Å²) in [6, 6.07) is 11.8. The number of ether oxygens (including phenoxy) is 1. The number of nitrogens with zero attached hydrogens (tertiary/aromatic N) is 2. The number of hydrogen-bond acceptors (Lipinski definition) is 6. The molecule has 2 heterocycles. The van der Waals surface area contributed by atoms with Gasteiger partial charge in [0.25, 0.3) is 11.5 Å². The van der Waals surface area contributed by atoms with Crippen molar-refractivity contribution in [3.05, 3.63) is 86.4 Å². The van der Waals surface area contributed by atoms with E-state index in [1.54, 1.807) is 25.1 Å². The molecule has 4 rings (SSSR count). The summed E-state index contributed by atoms with van der Waals surface area (Å²) in [4.78, 5) is 38.5. The first-order valence-corrected chi connectivity index (χ1v) is 10.7. The van der Waals surface area contributed by atoms with Crippen LogP contribution in [0.3, 0.4) is 0 Å². The number of amides is 1. The van der Waals surface area contributed by atoms with Gasteiger partial charge in [-0.3, -0.25) is 9.59 Å². The second-order valence-corrected chi connectivity index (χ2v) is 7.87. The summed E-state index contributed by atoms with van der Waals surface area (Å²) in [6.45, 7) is 1.72. The number of carbonyl (C=O) groups excluding carboxylic acids is 2. The number of hydrogen-bond donors (Lipinski definition) is 1. The van der Waals surface area contributed by atoms with Crippen LogP contribution in [0.5, 0.6) is 0 Å². The quantitative estimate of drug-likeness (QED) is 0.427. The highest BCUT2D eigenvalue weighted by atomic mass is 35.5. The van der Waals surface area contributed by atoms with Gasteiger partial charge in [0.15, 0.2) is 5.69 Å². The van der Waals surface area contributed by atoms with Gasteiger partial charge >= 0.3 is 5.97 Å². The first kappa shape index (κ1) is 21.7. The number of anilines is 1. The van der Waals surface area contributed by atoms with Gasteiger partial charge in [0.05, 0.1) is 12.0 Å². The molecule has 0 spiro atoms. The molecule has 0 aliphatic carbocycles. The molecule has 10 heteroatoms. The predicted octanol–water partition coefficient (Wildman–Crippen LogP) is 4.67. The number of nitrogens with one attached hydrogen (secondary N) is 1. The van der Waals surface area contributed by atoms with Crippen LogP contribution in [0.25, 0.3) is 16.5 Å². The molecule has 0 fully saturated rings. The Labute approximate surface area is 190 Å². The first-order chi connectivity index (χ1) is 15.4. The minimum Gasteiger partial charge on any atom is -0.461 e. The van der Waals surface area contributed by atoms with E-state index in [1.165, 1.54) is 35.7 Å². The van der Waals surface area contributed by atoms with Crippen molar-refractivity contribution in [2.75, 3.05) is 11.9 Å². The Kier molecular flexibility index (Phi) is 6.02. The summed E-state index contributed by atoms with van der Waals surface area (Å²) in [7, 11) is 0. The third-order valence-electron chi connectivity index (χ3n) is 4.52. The van der Waals surface area contributed by atoms with Crippen LogP contribution < -0.4 is 10.9 Å². The number of fused-ring (bicyclic) bond motifs is 1. The second-order valence-electron chi connectivity index (χ2n) is 6.56. The average molecular weight is 472 g/mol. The average Bonchev–Trinajstić information content (AvgIpc) is 3.19. The fourth-order valence-electron chi connectivity index (χ4n) is 3.08. The van der Waals surface area contributed by atoms with Crippen LogP contribution in [0.1, 0.15) is 27.8 Å². The monoisotopic (exact) mass is 471 g/mol. The van der Waals surface area contributed by atoms with Crippen molar-refractivity contribution in [1.82, 2.24) is 9.78 Å². The van der Waals surface area contributed by atoms with E-state index >= 15 is 0 Å². The molecule has 0 radical (unpaired) electrons. The van der Waals surface area contributed by atoms with Crippen molar-refractivity contribution in [3.63, 3.8) is 0 Å². The number of halogens is 2. The van der Waals surface area contributed by atoms with Gasteiger partial charge in [-0.1, -0.05) is 29.8 Å². The Morgan fingerprint density at radius 3 is 2.72 bits per heavy atom. The van der Waals surface area contributed by atoms with Crippen LogP contribution in [-0.2, 0) is 4.74 Å². The van der Waals surface area contributed by atoms with Gasteiger partial charge in [-0.25, -0.2) is 9.18 Å². The van der Waals surface area contributed by atoms with Crippen molar-refractivity contribution < 1.29 is 18.7 Å². The summed E-state index contributed by atoms with van der Waals surface area (Å²) < 4.78 is 20.3. The van der Waals surface area contributed by atoms with Crippen molar-refractivity contribution in [2.24, 2.45) is 0 Å². The van der Waals surface area contributed by atoms with E-state index in [4.69, 9.17) is 16.3 Å². The van der Waals surface area contributed by atoms with Crippen LogP contribution in [0, 0.1) is 5.82 Å². The zero-order chi connectivity index (χ0) is 22.8. The zero-order valence-corrected chi connectivity index (χ0v) is 18.2. The summed E-state index contributed by atoms with van der Waals surface area (Å²) in [5.74, 6) is -1.97. The van der Waals surface area contributed by atoms with Crippen molar-refractivity contribution in [3.8, 4) is 5.69 Å². The third-order valence-corrected chi connectivity index (χ3v) is 5.65. The summed E-state index contributed by atoms with van der Waals surface area (Å²) in [5, 5.41) is 9.06. The number of esters is 1. The van der Waals surface area contributed by atoms with Gasteiger partial charge in [0.1, 0.15) is 16.5 Å². The zero-order valence-electron chi connectivity index (χ0n) is 16.6. The molecule has 32 heavy (non-hydrogen) atoms. The molecule has 7 nitrogen and oxygen atoms in total. The number of thiophene rings is 1. The van der Waals surface area contributed by atoms with Gasteiger partial charge in [0, 0.05) is 21.4 Å². The number of rotatable bonds is 5. The molecule has 4 aromatic rings. The molecule has 1 N–H and O–H groups in total. The van der Waals surface area contributed by atoms with Crippen LogP contribution in [-0.4, -0.2) is 28.3 Å². The fourth-order valence-corrected chi connectivity index (χ4v) is 4.21. The Bertz CT molecular complexity index is 1420. The number of aromatic nitrogens is 2. The van der Waals surface area contributed by atoms with E-state index < -0.39 is 23.3 Å². The molecule has 0 unspecified atom stereocenters. The number of para-hydroxylation sites is 1. The summed E-state index contributed by atoms with van der Waals surface area (Å²) >= 11 is 7.00. The van der Waals surface area contributed by atoms with Gasteiger partial charge < -0.3 is 10.1 Å².